The van der Waals surface area contributed by atoms with E-state index in [1.165, 1.54) is 12.1 Å². The molecule has 3 aromatic rings. The van der Waals surface area contributed by atoms with Crippen molar-refractivity contribution < 1.29 is 8.91 Å². The first-order valence-electron chi connectivity index (χ1n) is 6.50. The van der Waals surface area contributed by atoms with Crippen molar-refractivity contribution in [1.29, 1.82) is 0 Å². The number of hydrogen-bond donors (Lipinski definition) is 2. The molecular formula is C14H14FN5O. The lowest BCUT2D eigenvalue weighted by Crippen LogP contribution is -2.14. The summed E-state index contributed by atoms with van der Waals surface area (Å²) in [5.74, 6) is 0.632. The van der Waals surface area contributed by atoms with E-state index in [1.807, 2.05) is 0 Å². The van der Waals surface area contributed by atoms with Gasteiger partial charge in [-0.1, -0.05) is 17.3 Å². The molecule has 0 aliphatic heterocycles. The van der Waals surface area contributed by atoms with Crippen molar-refractivity contribution in [2.45, 2.75) is 18.9 Å². The van der Waals surface area contributed by atoms with Crippen LogP contribution in [0.3, 0.4) is 0 Å². The van der Waals surface area contributed by atoms with Gasteiger partial charge in [-0.25, -0.2) is 9.37 Å². The zero-order valence-electron chi connectivity index (χ0n) is 11.2. The second-order valence-corrected chi connectivity index (χ2v) is 4.74. The van der Waals surface area contributed by atoms with Gasteiger partial charge in [0.05, 0.1) is 12.4 Å². The average Bonchev–Trinajstić information content (AvgIpc) is 3.13. The van der Waals surface area contributed by atoms with Crippen LogP contribution < -0.4 is 5.73 Å². The number of hydrogen-bond acceptors (Lipinski definition) is 5. The number of halogens is 1. The maximum Gasteiger partial charge on any atom is 0.243 e. The van der Waals surface area contributed by atoms with Crippen LogP contribution >= 0.6 is 0 Å². The first-order valence-corrected chi connectivity index (χ1v) is 6.50. The van der Waals surface area contributed by atoms with E-state index in [2.05, 4.69) is 20.1 Å². The Kier molecular flexibility index (Phi) is 3.74. The third kappa shape index (κ3) is 3.32. The van der Waals surface area contributed by atoms with Gasteiger partial charge >= 0.3 is 0 Å². The topological polar surface area (TPSA) is 93.6 Å². The van der Waals surface area contributed by atoms with Crippen molar-refractivity contribution in [2.24, 2.45) is 5.73 Å². The summed E-state index contributed by atoms with van der Waals surface area (Å²) in [6, 6.07) is 5.80. The number of nitrogens with two attached hydrogens (primary N) is 1. The number of aromatic nitrogens is 4. The molecule has 2 heterocycles. The lowest BCUT2D eigenvalue weighted by atomic mass is 10.1. The quantitative estimate of drug-likeness (QED) is 0.745. The highest BCUT2D eigenvalue weighted by molar-refractivity contribution is 5.19. The van der Waals surface area contributed by atoms with Gasteiger partial charge < -0.3 is 15.2 Å². The Hall–Kier alpha value is -2.54. The molecular weight excluding hydrogens is 273 g/mol. The van der Waals surface area contributed by atoms with Gasteiger partial charge in [0.1, 0.15) is 5.82 Å². The van der Waals surface area contributed by atoms with Crippen LogP contribution in [0.5, 0.6) is 0 Å². The Labute approximate surface area is 120 Å². The second-order valence-electron chi connectivity index (χ2n) is 4.74. The Bertz CT molecular complexity index is 692. The maximum atomic E-state index is 12.8. The molecule has 3 N–H and O–H groups in total. The lowest BCUT2D eigenvalue weighted by Gasteiger charge is -2.03. The third-order valence-electron chi connectivity index (χ3n) is 3.07. The zero-order chi connectivity index (χ0) is 14.7. The first kappa shape index (κ1) is 13.4. The minimum Gasteiger partial charge on any atom is -0.348 e. The molecule has 6 nitrogen and oxygen atoms in total. The molecule has 0 spiro atoms. The molecule has 0 unspecified atom stereocenters. The lowest BCUT2D eigenvalue weighted by molar-refractivity contribution is 0.350. The van der Waals surface area contributed by atoms with Gasteiger partial charge in [0.25, 0.3) is 0 Å². The fraction of sp³-hybridized carbons (Fsp3) is 0.214. The molecule has 0 amide bonds. The normalized spacial score (nSPS) is 12.5. The number of H-pyrrole nitrogens is 1. The summed E-state index contributed by atoms with van der Waals surface area (Å²) in [5, 5.41) is 3.90. The van der Waals surface area contributed by atoms with E-state index in [0.717, 1.165) is 11.3 Å². The summed E-state index contributed by atoms with van der Waals surface area (Å²) in [5.41, 5.74) is 7.83. The molecule has 2 aromatic heterocycles. The molecule has 0 fully saturated rings. The molecule has 0 radical (unpaired) electrons. The monoisotopic (exact) mass is 287 g/mol. The van der Waals surface area contributed by atoms with Crippen LogP contribution in [0.15, 0.2) is 41.3 Å². The SMILES string of the molecule is N[C@@H](Cc1cnc[nH]1)c1nc(Cc2ccc(F)cc2)no1. The summed E-state index contributed by atoms with van der Waals surface area (Å²) in [4.78, 5) is 11.2. The van der Waals surface area contributed by atoms with E-state index in [4.69, 9.17) is 10.3 Å². The molecule has 1 aromatic carbocycles. The van der Waals surface area contributed by atoms with Crippen molar-refractivity contribution >= 4 is 0 Å². The third-order valence-corrected chi connectivity index (χ3v) is 3.07. The average molecular weight is 287 g/mol. The van der Waals surface area contributed by atoms with Crippen LogP contribution in [-0.4, -0.2) is 20.1 Å². The van der Waals surface area contributed by atoms with Crippen LogP contribution in [0, 0.1) is 5.82 Å². The Balaban J connectivity index is 1.66. The molecule has 0 bridgehead atoms. The Morgan fingerprint density at radius 2 is 2.10 bits per heavy atom. The Morgan fingerprint density at radius 1 is 1.29 bits per heavy atom. The maximum absolute atomic E-state index is 12.8. The molecule has 1 atom stereocenters. The van der Waals surface area contributed by atoms with Gasteiger partial charge in [0, 0.05) is 24.7 Å². The second kappa shape index (κ2) is 5.84. The van der Waals surface area contributed by atoms with Crippen molar-refractivity contribution in [3.8, 4) is 0 Å². The smallest absolute Gasteiger partial charge is 0.243 e. The van der Waals surface area contributed by atoms with Crippen LogP contribution in [0.2, 0.25) is 0 Å². The molecule has 0 aliphatic rings. The largest absolute Gasteiger partial charge is 0.348 e. The van der Waals surface area contributed by atoms with Gasteiger partial charge in [0.15, 0.2) is 5.82 Å². The van der Waals surface area contributed by atoms with Crippen LogP contribution in [-0.2, 0) is 12.8 Å². The number of nitrogens with one attached hydrogen (secondary N) is 1. The number of nitrogens with zero attached hydrogens (tertiary/aromatic N) is 3. The summed E-state index contributed by atoms with van der Waals surface area (Å²) in [6.07, 6.45) is 4.31. The molecule has 21 heavy (non-hydrogen) atoms. The van der Waals surface area contributed by atoms with E-state index in [9.17, 15) is 4.39 Å². The van der Waals surface area contributed by atoms with E-state index >= 15 is 0 Å². The number of imidazole rings is 1. The molecule has 7 heteroatoms. The summed E-state index contributed by atoms with van der Waals surface area (Å²) in [6.45, 7) is 0. The predicted octanol–water partition coefficient (Wildman–Crippen LogP) is 1.77. The molecule has 0 aliphatic carbocycles. The standard InChI is InChI=1S/C14H14FN5O/c15-10-3-1-9(2-4-10)5-13-19-14(21-20-13)12(16)6-11-7-17-8-18-11/h1-4,7-8,12H,5-6,16H2,(H,17,18)/t12-/m0/s1. The summed E-state index contributed by atoms with van der Waals surface area (Å²) in [7, 11) is 0. The van der Waals surface area contributed by atoms with Crippen molar-refractivity contribution in [1.82, 2.24) is 20.1 Å². The zero-order valence-corrected chi connectivity index (χ0v) is 11.2. The minimum atomic E-state index is -0.389. The van der Waals surface area contributed by atoms with Crippen LogP contribution in [0.25, 0.3) is 0 Å². The number of benzene rings is 1. The summed E-state index contributed by atoms with van der Waals surface area (Å²) >= 11 is 0. The van der Waals surface area contributed by atoms with Crippen molar-refractivity contribution in [3.63, 3.8) is 0 Å². The number of aromatic amines is 1. The van der Waals surface area contributed by atoms with Gasteiger partial charge in [-0.05, 0) is 17.7 Å². The highest BCUT2D eigenvalue weighted by atomic mass is 19.1. The number of rotatable bonds is 5. The fourth-order valence-electron chi connectivity index (χ4n) is 2.00. The molecule has 108 valence electrons. The van der Waals surface area contributed by atoms with E-state index < -0.39 is 0 Å². The predicted molar refractivity (Wildman–Crippen MR) is 72.7 cm³/mol. The highest BCUT2D eigenvalue weighted by Gasteiger charge is 2.16. The highest BCUT2D eigenvalue weighted by Crippen LogP contribution is 2.14. The van der Waals surface area contributed by atoms with Crippen molar-refractivity contribution in [2.75, 3.05) is 0 Å². The Morgan fingerprint density at radius 3 is 2.81 bits per heavy atom. The van der Waals surface area contributed by atoms with E-state index in [-0.39, 0.29) is 11.9 Å². The molecule has 0 saturated carbocycles. The van der Waals surface area contributed by atoms with Crippen molar-refractivity contribution in [3.05, 3.63) is 65.6 Å². The van der Waals surface area contributed by atoms with E-state index in [1.54, 1.807) is 24.7 Å². The van der Waals surface area contributed by atoms with Gasteiger partial charge in [-0.3, -0.25) is 0 Å². The van der Waals surface area contributed by atoms with Crippen LogP contribution in [0.1, 0.15) is 29.0 Å². The molecule has 3 rings (SSSR count). The first-order chi connectivity index (χ1) is 10.2. The van der Waals surface area contributed by atoms with Gasteiger partial charge in [-0.2, -0.15) is 4.98 Å². The van der Waals surface area contributed by atoms with Gasteiger partial charge in [0.2, 0.25) is 5.89 Å². The molecule has 0 saturated heterocycles. The summed E-state index contributed by atoms with van der Waals surface area (Å²) < 4.78 is 18.0. The van der Waals surface area contributed by atoms with Gasteiger partial charge in [-0.15, -0.1) is 0 Å². The van der Waals surface area contributed by atoms with E-state index in [0.29, 0.717) is 24.6 Å². The minimum absolute atomic E-state index is 0.269. The fourth-order valence-corrected chi connectivity index (χ4v) is 2.00. The van der Waals surface area contributed by atoms with Crippen LogP contribution in [0.4, 0.5) is 4.39 Å².